The summed E-state index contributed by atoms with van der Waals surface area (Å²) in [4.78, 5) is 29.2. The van der Waals surface area contributed by atoms with Gasteiger partial charge in [0.2, 0.25) is 11.8 Å². The second-order valence-electron chi connectivity index (χ2n) is 8.17. The molecule has 4 rings (SSSR count). The van der Waals surface area contributed by atoms with Crippen LogP contribution in [0.4, 0.5) is 0 Å². The largest absolute Gasteiger partial charge is 0.356 e. The van der Waals surface area contributed by atoms with Gasteiger partial charge in [-0.2, -0.15) is 0 Å². The van der Waals surface area contributed by atoms with E-state index in [2.05, 4.69) is 40.5 Å². The number of hydrogen-bond acceptors (Lipinski definition) is 3. The number of nitrogens with one attached hydrogen (secondary N) is 1. The summed E-state index contributed by atoms with van der Waals surface area (Å²) in [6.45, 7) is 4.57. The SMILES string of the molecule is O=C(CN1CCC(c2ccccc2)CC1)N1CCC2(CCCNC2=O)C1. The number of amides is 2. The molecule has 1 aromatic rings. The van der Waals surface area contributed by atoms with Crippen LogP contribution in [0.1, 0.15) is 43.6 Å². The molecule has 1 atom stereocenters. The number of hydrogen-bond donors (Lipinski definition) is 1. The normalized spacial score (nSPS) is 27.7. The van der Waals surface area contributed by atoms with Crippen LogP contribution in [0.15, 0.2) is 30.3 Å². The first-order valence-electron chi connectivity index (χ1n) is 10.00. The number of benzene rings is 1. The lowest BCUT2D eigenvalue weighted by Crippen LogP contribution is -2.49. The van der Waals surface area contributed by atoms with Crippen LogP contribution >= 0.6 is 0 Å². The highest BCUT2D eigenvalue weighted by molar-refractivity contribution is 5.86. The fraction of sp³-hybridized carbons (Fsp3) is 0.619. The second-order valence-corrected chi connectivity index (χ2v) is 8.17. The molecule has 3 heterocycles. The molecule has 3 saturated heterocycles. The smallest absolute Gasteiger partial charge is 0.236 e. The molecule has 26 heavy (non-hydrogen) atoms. The fourth-order valence-electron chi connectivity index (χ4n) is 4.85. The molecule has 5 nitrogen and oxygen atoms in total. The van der Waals surface area contributed by atoms with Crippen LogP contribution in [0.3, 0.4) is 0 Å². The van der Waals surface area contributed by atoms with E-state index in [-0.39, 0.29) is 17.2 Å². The van der Waals surface area contributed by atoms with Gasteiger partial charge in [0.25, 0.3) is 0 Å². The average Bonchev–Trinajstić information content (AvgIpc) is 3.11. The van der Waals surface area contributed by atoms with Crippen LogP contribution in [0.25, 0.3) is 0 Å². The number of carbonyl (C=O) groups is 2. The highest BCUT2D eigenvalue weighted by Gasteiger charge is 2.46. The zero-order valence-electron chi connectivity index (χ0n) is 15.5. The maximum atomic E-state index is 12.8. The number of likely N-dealkylation sites (tertiary alicyclic amines) is 2. The first-order valence-corrected chi connectivity index (χ1v) is 10.00. The Morgan fingerprint density at radius 1 is 1.12 bits per heavy atom. The zero-order chi connectivity index (χ0) is 18.0. The molecule has 3 aliphatic rings. The second kappa shape index (κ2) is 7.39. The zero-order valence-corrected chi connectivity index (χ0v) is 15.5. The molecule has 1 aromatic carbocycles. The summed E-state index contributed by atoms with van der Waals surface area (Å²) in [5, 5.41) is 2.99. The predicted octanol–water partition coefficient (Wildman–Crippen LogP) is 1.99. The number of carbonyl (C=O) groups excluding carboxylic acids is 2. The van der Waals surface area contributed by atoms with E-state index in [0.29, 0.717) is 19.0 Å². The summed E-state index contributed by atoms with van der Waals surface area (Å²) >= 11 is 0. The topological polar surface area (TPSA) is 52.7 Å². The van der Waals surface area contributed by atoms with Crippen LogP contribution in [0.2, 0.25) is 0 Å². The van der Waals surface area contributed by atoms with Crippen LogP contribution in [0.5, 0.6) is 0 Å². The average molecular weight is 355 g/mol. The lowest BCUT2D eigenvalue weighted by Gasteiger charge is -2.34. The number of nitrogens with zero attached hydrogens (tertiary/aromatic N) is 2. The standard InChI is InChI=1S/C21H29N3O2/c25-19(24-14-10-21(16-24)9-4-11-22-20(21)26)15-23-12-7-18(8-13-23)17-5-2-1-3-6-17/h1-3,5-6,18H,4,7-16H2,(H,22,26). The Balaban J connectivity index is 1.28. The van der Waals surface area contributed by atoms with Crippen molar-refractivity contribution < 1.29 is 9.59 Å². The molecular formula is C21H29N3O2. The molecule has 0 aliphatic carbocycles. The van der Waals surface area contributed by atoms with Crippen molar-refractivity contribution in [1.82, 2.24) is 15.1 Å². The van der Waals surface area contributed by atoms with Gasteiger partial charge in [0.1, 0.15) is 0 Å². The van der Waals surface area contributed by atoms with Crippen molar-refractivity contribution in [2.45, 2.75) is 38.0 Å². The number of rotatable bonds is 3. The van der Waals surface area contributed by atoms with Crippen LogP contribution in [-0.2, 0) is 9.59 Å². The van der Waals surface area contributed by atoms with Gasteiger partial charge in [0.15, 0.2) is 0 Å². The third-order valence-electron chi connectivity index (χ3n) is 6.52. The molecule has 2 amide bonds. The van der Waals surface area contributed by atoms with E-state index >= 15 is 0 Å². The molecule has 0 radical (unpaired) electrons. The maximum absolute atomic E-state index is 12.8. The molecule has 0 saturated carbocycles. The van der Waals surface area contributed by atoms with Crippen LogP contribution in [0, 0.1) is 5.41 Å². The van der Waals surface area contributed by atoms with Crippen molar-refractivity contribution in [2.75, 3.05) is 39.3 Å². The van der Waals surface area contributed by atoms with E-state index < -0.39 is 0 Å². The van der Waals surface area contributed by atoms with Crippen molar-refractivity contribution in [2.24, 2.45) is 5.41 Å². The van der Waals surface area contributed by atoms with Gasteiger partial charge in [-0.25, -0.2) is 0 Å². The van der Waals surface area contributed by atoms with Crippen molar-refractivity contribution in [3.05, 3.63) is 35.9 Å². The molecule has 1 unspecified atom stereocenters. The highest BCUT2D eigenvalue weighted by atomic mass is 16.2. The van der Waals surface area contributed by atoms with Crippen molar-refractivity contribution >= 4 is 11.8 Å². The molecule has 5 heteroatoms. The van der Waals surface area contributed by atoms with Gasteiger partial charge in [-0.15, -0.1) is 0 Å². The molecule has 1 N–H and O–H groups in total. The minimum atomic E-state index is -0.311. The van der Waals surface area contributed by atoms with Crippen molar-refractivity contribution in [1.29, 1.82) is 0 Å². The molecule has 1 spiro atoms. The Morgan fingerprint density at radius 3 is 2.62 bits per heavy atom. The molecule has 0 aromatic heterocycles. The highest BCUT2D eigenvalue weighted by Crippen LogP contribution is 2.37. The van der Waals surface area contributed by atoms with Crippen molar-refractivity contribution in [3.63, 3.8) is 0 Å². The number of piperidine rings is 2. The quantitative estimate of drug-likeness (QED) is 0.902. The lowest BCUT2D eigenvalue weighted by atomic mass is 9.79. The molecular weight excluding hydrogens is 326 g/mol. The third-order valence-corrected chi connectivity index (χ3v) is 6.52. The predicted molar refractivity (Wildman–Crippen MR) is 101 cm³/mol. The Labute approximate surface area is 155 Å². The molecule has 140 valence electrons. The Morgan fingerprint density at radius 2 is 1.88 bits per heavy atom. The summed E-state index contributed by atoms with van der Waals surface area (Å²) in [5.41, 5.74) is 1.11. The van der Waals surface area contributed by atoms with E-state index in [1.807, 2.05) is 4.90 Å². The first kappa shape index (κ1) is 17.5. The van der Waals surface area contributed by atoms with Gasteiger partial charge in [-0.05, 0) is 56.7 Å². The lowest BCUT2D eigenvalue weighted by molar-refractivity contribution is -0.135. The summed E-state index contributed by atoms with van der Waals surface area (Å²) in [6, 6.07) is 10.7. The Bertz CT molecular complexity index is 654. The van der Waals surface area contributed by atoms with Crippen molar-refractivity contribution in [3.8, 4) is 0 Å². The molecule has 3 aliphatic heterocycles. The van der Waals surface area contributed by atoms with E-state index in [4.69, 9.17) is 0 Å². The summed E-state index contributed by atoms with van der Waals surface area (Å²) in [6.07, 6.45) is 5.00. The molecule has 3 fully saturated rings. The van der Waals surface area contributed by atoms with Crippen LogP contribution in [-0.4, -0.2) is 60.9 Å². The van der Waals surface area contributed by atoms with Gasteiger partial charge in [-0.3, -0.25) is 14.5 Å². The Kier molecular flexibility index (Phi) is 4.98. The monoisotopic (exact) mass is 355 g/mol. The van der Waals surface area contributed by atoms with E-state index in [1.54, 1.807) is 0 Å². The van der Waals surface area contributed by atoms with Gasteiger partial charge >= 0.3 is 0 Å². The van der Waals surface area contributed by atoms with Gasteiger partial charge in [-0.1, -0.05) is 30.3 Å². The summed E-state index contributed by atoms with van der Waals surface area (Å²) < 4.78 is 0. The molecule has 0 bridgehead atoms. The first-order chi connectivity index (χ1) is 12.7. The summed E-state index contributed by atoms with van der Waals surface area (Å²) in [5.74, 6) is 0.963. The van der Waals surface area contributed by atoms with E-state index in [1.165, 1.54) is 5.56 Å². The van der Waals surface area contributed by atoms with Gasteiger partial charge in [0, 0.05) is 19.6 Å². The summed E-state index contributed by atoms with van der Waals surface area (Å²) in [7, 11) is 0. The minimum absolute atomic E-state index is 0.155. The van der Waals surface area contributed by atoms with E-state index in [0.717, 1.165) is 58.3 Å². The maximum Gasteiger partial charge on any atom is 0.236 e. The van der Waals surface area contributed by atoms with E-state index in [9.17, 15) is 9.59 Å². The minimum Gasteiger partial charge on any atom is -0.356 e. The Hall–Kier alpha value is -1.88. The van der Waals surface area contributed by atoms with Gasteiger partial charge < -0.3 is 10.2 Å². The fourth-order valence-corrected chi connectivity index (χ4v) is 4.85. The van der Waals surface area contributed by atoms with Gasteiger partial charge in [0.05, 0.1) is 12.0 Å². The third kappa shape index (κ3) is 3.50. The van der Waals surface area contributed by atoms with Crippen LogP contribution < -0.4 is 5.32 Å².